The number of methoxy groups -OCH3 is 1. The second-order valence-electron chi connectivity index (χ2n) is 6.20. The Kier molecular flexibility index (Phi) is 5.41. The van der Waals surface area contributed by atoms with E-state index in [2.05, 4.69) is 19.2 Å². The highest BCUT2D eigenvalue weighted by molar-refractivity contribution is 5.81. The van der Waals surface area contributed by atoms with E-state index in [0.717, 1.165) is 19.4 Å². The molecule has 5 heteroatoms. The molecule has 0 aromatic carbocycles. The van der Waals surface area contributed by atoms with Crippen LogP contribution < -0.4 is 5.32 Å². The normalized spacial score (nSPS) is 34.4. The molecule has 2 rings (SSSR count). The summed E-state index contributed by atoms with van der Waals surface area (Å²) in [6, 6.07) is 0. The number of esters is 1. The highest BCUT2D eigenvalue weighted by Gasteiger charge is 2.45. The van der Waals surface area contributed by atoms with Crippen molar-refractivity contribution < 1.29 is 19.0 Å². The molecule has 0 aliphatic carbocycles. The van der Waals surface area contributed by atoms with Crippen molar-refractivity contribution in [2.75, 3.05) is 26.9 Å². The van der Waals surface area contributed by atoms with Crippen molar-refractivity contribution in [1.82, 2.24) is 5.32 Å². The van der Waals surface area contributed by atoms with Crippen LogP contribution in [0.15, 0.2) is 0 Å². The van der Waals surface area contributed by atoms with Crippen LogP contribution in [0.25, 0.3) is 0 Å². The van der Waals surface area contributed by atoms with Gasteiger partial charge in [0, 0.05) is 26.2 Å². The predicted octanol–water partition coefficient (Wildman–Crippen LogP) is 1.50. The van der Waals surface area contributed by atoms with Gasteiger partial charge in [-0.1, -0.05) is 13.8 Å². The summed E-state index contributed by atoms with van der Waals surface area (Å²) in [5, 5.41) is 3.43. The van der Waals surface area contributed by atoms with Crippen molar-refractivity contribution >= 4 is 5.97 Å². The fourth-order valence-corrected chi connectivity index (χ4v) is 3.05. The molecule has 1 N–H and O–H groups in total. The summed E-state index contributed by atoms with van der Waals surface area (Å²) in [6.07, 6.45) is 3.82. The molecule has 0 amide bonds. The minimum absolute atomic E-state index is 0.0971. The molecule has 0 bridgehead atoms. The maximum absolute atomic E-state index is 12.3. The number of hydrogen-bond donors (Lipinski definition) is 1. The second-order valence-corrected chi connectivity index (χ2v) is 6.20. The molecule has 2 saturated heterocycles. The van der Waals surface area contributed by atoms with Crippen LogP contribution in [0.5, 0.6) is 0 Å². The fraction of sp³-hybridized carbons (Fsp3) is 0.933. The van der Waals surface area contributed by atoms with E-state index in [1.807, 2.05) is 0 Å². The lowest BCUT2D eigenvalue weighted by Crippen LogP contribution is -2.59. The minimum atomic E-state index is -0.617. The number of hydrogen-bond acceptors (Lipinski definition) is 5. The van der Waals surface area contributed by atoms with Crippen LogP contribution in [-0.2, 0) is 19.0 Å². The Hall–Kier alpha value is -0.650. The van der Waals surface area contributed by atoms with Gasteiger partial charge in [-0.05, 0) is 25.2 Å². The topological polar surface area (TPSA) is 56.8 Å². The van der Waals surface area contributed by atoms with E-state index in [0.29, 0.717) is 31.9 Å². The summed E-state index contributed by atoms with van der Waals surface area (Å²) >= 11 is 0. The first kappa shape index (κ1) is 15.7. The van der Waals surface area contributed by atoms with Gasteiger partial charge in [-0.3, -0.25) is 10.1 Å². The maximum Gasteiger partial charge on any atom is 0.326 e. The van der Waals surface area contributed by atoms with Crippen LogP contribution in [0.4, 0.5) is 0 Å². The Morgan fingerprint density at radius 1 is 1.40 bits per heavy atom. The first-order valence-corrected chi connectivity index (χ1v) is 7.64. The largest absolute Gasteiger partial charge is 0.468 e. The zero-order valence-corrected chi connectivity index (χ0v) is 12.8. The molecule has 3 atom stereocenters. The molecule has 0 spiro atoms. The average Bonchev–Trinajstić information content (AvgIpc) is 2.97. The number of ether oxygens (including phenoxy) is 3. The maximum atomic E-state index is 12.3. The van der Waals surface area contributed by atoms with Gasteiger partial charge in [0.25, 0.3) is 0 Å². The summed E-state index contributed by atoms with van der Waals surface area (Å²) in [5.41, 5.74) is -0.617. The van der Waals surface area contributed by atoms with Crippen LogP contribution in [-0.4, -0.2) is 50.6 Å². The molecule has 3 unspecified atom stereocenters. The van der Waals surface area contributed by atoms with Gasteiger partial charge in [-0.2, -0.15) is 0 Å². The molecule has 20 heavy (non-hydrogen) atoms. The van der Waals surface area contributed by atoms with Gasteiger partial charge < -0.3 is 14.2 Å². The molecule has 0 radical (unpaired) electrons. The monoisotopic (exact) mass is 285 g/mol. The molecule has 116 valence electrons. The van der Waals surface area contributed by atoms with E-state index < -0.39 is 5.54 Å². The molecular formula is C15H27NO4. The third-order valence-electron chi connectivity index (χ3n) is 4.42. The lowest BCUT2D eigenvalue weighted by Gasteiger charge is -2.41. The first-order chi connectivity index (χ1) is 9.57. The summed E-state index contributed by atoms with van der Waals surface area (Å²) in [7, 11) is 1.46. The van der Waals surface area contributed by atoms with Gasteiger partial charge in [0.2, 0.25) is 0 Å². The van der Waals surface area contributed by atoms with E-state index >= 15 is 0 Å². The average molecular weight is 285 g/mol. The summed E-state index contributed by atoms with van der Waals surface area (Å²) in [6.45, 7) is 6.38. The molecule has 2 aliphatic rings. The molecule has 2 aliphatic heterocycles. The van der Waals surface area contributed by atoms with E-state index in [1.54, 1.807) is 0 Å². The molecule has 5 nitrogen and oxygen atoms in total. The lowest BCUT2D eigenvalue weighted by atomic mass is 9.83. The van der Waals surface area contributed by atoms with Crippen molar-refractivity contribution in [2.24, 2.45) is 5.92 Å². The van der Waals surface area contributed by atoms with Crippen LogP contribution >= 0.6 is 0 Å². The number of carbonyl (C=O) groups is 1. The standard InChI is InChI=1S/C15H27NO4/c1-11(2)13-9-15(6-8-20-13,14(17)18-3)16-10-12-5-4-7-19-12/h11-13,16H,4-10H2,1-3H3. The zero-order valence-electron chi connectivity index (χ0n) is 12.8. The predicted molar refractivity (Wildman–Crippen MR) is 75.5 cm³/mol. The zero-order chi connectivity index (χ0) is 14.6. The molecule has 0 aromatic heterocycles. The summed E-state index contributed by atoms with van der Waals surface area (Å²) in [4.78, 5) is 12.3. The van der Waals surface area contributed by atoms with Crippen LogP contribution in [0, 0.1) is 5.92 Å². The highest BCUT2D eigenvalue weighted by atomic mass is 16.5. The Labute approximate surface area is 121 Å². The van der Waals surface area contributed by atoms with Gasteiger partial charge in [0.15, 0.2) is 0 Å². The smallest absolute Gasteiger partial charge is 0.326 e. The lowest BCUT2D eigenvalue weighted by molar-refractivity contribution is -0.157. The van der Waals surface area contributed by atoms with Gasteiger partial charge >= 0.3 is 5.97 Å². The van der Waals surface area contributed by atoms with Crippen molar-refractivity contribution in [3.8, 4) is 0 Å². The molecule has 2 heterocycles. The minimum Gasteiger partial charge on any atom is -0.468 e. The van der Waals surface area contributed by atoms with Gasteiger partial charge in [0.1, 0.15) is 5.54 Å². The third-order valence-corrected chi connectivity index (χ3v) is 4.42. The Morgan fingerprint density at radius 3 is 2.80 bits per heavy atom. The Bertz CT molecular complexity index is 328. The summed E-state index contributed by atoms with van der Waals surface area (Å²) in [5.74, 6) is 0.216. The number of carbonyl (C=O) groups excluding carboxylic acids is 1. The van der Waals surface area contributed by atoms with Crippen molar-refractivity contribution in [3.63, 3.8) is 0 Å². The van der Waals surface area contributed by atoms with Crippen LogP contribution in [0.1, 0.15) is 39.5 Å². The van der Waals surface area contributed by atoms with E-state index in [4.69, 9.17) is 14.2 Å². The van der Waals surface area contributed by atoms with Crippen LogP contribution in [0.3, 0.4) is 0 Å². The third kappa shape index (κ3) is 3.51. The fourth-order valence-electron chi connectivity index (χ4n) is 3.05. The molecule has 0 saturated carbocycles. The van der Waals surface area contributed by atoms with E-state index in [-0.39, 0.29) is 18.2 Å². The van der Waals surface area contributed by atoms with Gasteiger partial charge in [0.05, 0.1) is 19.3 Å². The van der Waals surface area contributed by atoms with Crippen molar-refractivity contribution in [1.29, 1.82) is 0 Å². The Balaban J connectivity index is 2.02. The van der Waals surface area contributed by atoms with Crippen LogP contribution in [0.2, 0.25) is 0 Å². The van der Waals surface area contributed by atoms with Crippen molar-refractivity contribution in [2.45, 2.75) is 57.3 Å². The summed E-state index contributed by atoms with van der Waals surface area (Å²) < 4.78 is 16.5. The first-order valence-electron chi connectivity index (χ1n) is 7.64. The highest BCUT2D eigenvalue weighted by Crippen LogP contribution is 2.30. The number of nitrogens with one attached hydrogen (secondary N) is 1. The number of rotatable bonds is 5. The second kappa shape index (κ2) is 6.87. The molecule has 2 fully saturated rings. The van der Waals surface area contributed by atoms with Gasteiger partial charge in [-0.25, -0.2) is 0 Å². The Morgan fingerprint density at radius 2 is 2.20 bits per heavy atom. The van der Waals surface area contributed by atoms with Crippen molar-refractivity contribution in [3.05, 3.63) is 0 Å². The SMILES string of the molecule is COC(=O)C1(NCC2CCCO2)CCOC(C(C)C)C1. The van der Waals surface area contributed by atoms with E-state index in [9.17, 15) is 4.79 Å². The molecular weight excluding hydrogens is 258 g/mol. The van der Waals surface area contributed by atoms with Gasteiger partial charge in [-0.15, -0.1) is 0 Å². The van der Waals surface area contributed by atoms with E-state index in [1.165, 1.54) is 7.11 Å². The molecule has 0 aromatic rings. The quantitative estimate of drug-likeness (QED) is 0.776.